The van der Waals surface area contributed by atoms with Crippen LogP contribution in [0.3, 0.4) is 0 Å². The number of carbonyl (C=O) groups excluding carboxylic acids is 1. The maximum atomic E-state index is 11.7. The Morgan fingerprint density at radius 2 is 2.11 bits per heavy atom. The van der Waals surface area contributed by atoms with E-state index in [1.807, 2.05) is 13.8 Å². The molecule has 1 aliphatic rings. The van der Waals surface area contributed by atoms with Crippen LogP contribution in [0.4, 0.5) is 0 Å². The van der Waals surface area contributed by atoms with Crippen LogP contribution in [-0.2, 0) is 11.2 Å². The van der Waals surface area contributed by atoms with Crippen molar-refractivity contribution in [1.29, 1.82) is 0 Å². The van der Waals surface area contributed by atoms with Gasteiger partial charge in [0.15, 0.2) is 5.69 Å². The van der Waals surface area contributed by atoms with E-state index in [1.165, 1.54) is 32.1 Å². The van der Waals surface area contributed by atoms with Crippen LogP contribution in [0.2, 0.25) is 0 Å². The molecule has 4 heteroatoms. The third-order valence-corrected chi connectivity index (χ3v) is 3.80. The zero-order valence-corrected chi connectivity index (χ0v) is 11.3. The number of esters is 1. The Morgan fingerprint density at radius 3 is 2.78 bits per heavy atom. The number of aromatic nitrogens is 2. The van der Waals surface area contributed by atoms with Gasteiger partial charge in [-0.1, -0.05) is 32.1 Å². The summed E-state index contributed by atoms with van der Waals surface area (Å²) in [5, 5.41) is 7.11. The first-order chi connectivity index (χ1) is 8.72. The summed E-state index contributed by atoms with van der Waals surface area (Å²) in [5.41, 5.74) is 2.51. The van der Waals surface area contributed by atoms with Crippen LogP contribution < -0.4 is 0 Å². The fourth-order valence-electron chi connectivity index (χ4n) is 2.71. The summed E-state index contributed by atoms with van der Waals surface area (Å²) in [4.78, 5) is 11.7. The number of hydrogen-bond acceptors (Lipinski definition) is 3. The van der Waals surface area contributed by atoms with Gasteiger partial charge in [-0.15, -0.1) is 0 Å². The lowest BCUT2D eigenvalue weighted by atomic mass is 9.85. The highest BCUT2D eigenvalue weighted by atomic mass is 16.5. The van der Waals surface area contributed by atoms with Crippen LogP contribution >= 0.6 is 0 Å². The van der Waals surface area contributed by atoms with Crippen molar-refractivity contribution in [2.24, 2.45) is 5.92 Å². The van der Waals surface area contributed by atoms with Crippen molar-refractivity contribution in [3.8, 4) is 0 Å². The molecule has 0 unspecified atom stereocenters. The largest absolute Gasteiger partial charge is 0.461 e. The van der Waals surface area contributed by atoms with Gasteiger partial charge in [0.2, 0.25) is 0 Å². The van der Waals surface area contributed by atoms with Gasteiger partial charge < -0.3 is 4.74 Å². The average Bonchev–Trinajstić information content (AvgIpc) is 2.73. The van der Waals surface area contributed by atoms with Crippen LogP contribution in [0, 0.1) is 12.8 Å². The number of ether oxygens (including phenoxy) is 1. The maximum absolute atomic E-state index is 11.7. The second kappa shape index (κ2) is 6.03. The average molecular weight is 250 g/mol. The Balaban J connectivity index is 2.03. The molecule has 0 atom stereocenters. The van der Waals surface area contributed by atoms with E-state index in [9.17, 15) is 4.79 Å². The summed E-state index contributed by atoms with van der Waals surface area (Å²) in [6.07, 6.45) is 7.65. The third-order valence-electron chi connectivity index (χ3n) is 3.80. The molecule has 0 radical (unpaired) electrons. The molecule has 1 aromatic rings. The predicted octanol–water partition coefficient (Wildman–Crippen LogP) is 3.02. The number of hydrogen-bond donors (Lipinski definition) is 1. The standard InChI is InChI=1S/C14H22N2O2/c1-3-18-14(17)13-10(2)12(15-16-13)9-11-7-5-4-6-8-11/h11H,3-9H2,1-2H3,(H,15,16). The van der Waals surface area contributed by atoms with Gasteiger partial charge in [0.1, 0.15) is 0 Å². The molecule has 100 valence electrons. The smallest absolute Gasteiger partial charge is 0.359 e. The molecule has 0 aliphatic heterocycles. The molecule has 1 N–H and O–H groups in total. The first-order valence-corrected chi connectivity index (χ1v) is 6.93. The van der Waals surface area contributed by atoms with Crippen LogP contribution in [0.15, 0.2) is 0 Å². The predicted molar refractivity (Wildman–Crippen MR) is 69.6 cm³/mol. The highest BCUT2D eigenvalue weighted by Gasteiger charge is 2.20. The molecule has 0 spiro atoms. The van der Waals surface area contributed by atoms with Gasteiger partial charge in [0.25, 0.3) is 0 Å². The summed E-state index contributed by atoms with van der Waals surface area (Å²) in [7, 11) is 0. The lowest BCUT2D eigenvalue weighted by Crippen LogP contribution is -2.10. The van der Waals surface area contributed by atoms with Crippen molar-refractivity contribution in [2.75, 3.05) is 6.61 Å². The van der Waals surface area contributed by atoms with Crippen LogP contribution in [0.5, 0.6) is 0 Å². The number of rotatable bonds is 4. The quantitative estimate of drug-likeness (QED) is 0.836. The van der Waals surface area contributed by atoms with E-state index >= 15 is 0 Å². The maximum Gasteiger partial charge on any atom is 0.359 e. The Labute approximate surface area is 108 Å². The minimum Gasteiger partial charge on any atom is -0.461 e. The molecule has 1 aromatic heterocycles. The minimum absolute atomic E-state index is 0.318. The molecule has 1 heterocycles. The molecule has 0 amide bonds. The van der Waals surface area contributed by atoms with Gasteiger partial charge >= 0.3 is 5.97 Å². The second-order valence-corrected chi connectivity index (χ2v) is 5.10. The van der Waals surface area contributed by atoms with Gasteiger partial charge in [-0.3, -0.25) is 5.10 Å². The van der Waals surface area contributed by atoms with E-state index in [0.29, 0.717) is 12.3 Å². The monoisotopic (exact) mass is 250 g/mol. The zero-order valence-electron chi connectivity index (χ0n) is 11.3. The van der Waals surface area contributed by atoms with Gasteiger partial charge in [0.05, 0.1) is 6.61 Å². The van der Waals surface area contributed by atoms with Crippen molar-refractivity contribution in [3.05, 3.63) is 17.0 Å². The SMILES string of the molecule is CCOC(=O)c1n[nH]c(CC2CCCCC2)c1C. The van der Waals surface area contributed by atoms with E-state index in [2.05, 4.69) is 10.2 Å². The van der Waals surface area contributed by atoms with E-state index in [-0.39, 0.29) is 5.97 Å². The summed E-state index contributed by atoms with van der Waals surface area (Å²) in [6, 6.07) is 0. The molecule has 0 saturated heterocycles. The molecule has 2 rings (SSSR count). The molecule has 0 bridgehead atoms. The van der Waals surface area contributed by atoms with Gasteiger partial charge in [0, 0.05) is 11.3 Å². The van der Waals surface area contributed by atoms with Gasteiger partial charge in [-0.2, -0.15) is 5.10 Å². The molecule has 18 heavy (non-hydrogen) atoms. The zero-order chi connectivity index (χ0) is 13.0. The van der Waals surface area contributed by atoms with E-state index in [1.54, 1.807) is 0 Å². The number of nitrogens with zero attached hydrogens (tertiary/aromatic N) is 1. The second-order valence-electron chi connectivity index (χ2n) is 5.10. The lowest BCUT2D eigenvalue weighted by molar-refractivity contribution is 0.0518. The van der Waals surface area contributed by atoms with Crippen LogP contribution in [-0.4, -0.2) is 22.8 Å². The van der Waals surface area contributed by atoms with Crippen molar-refractivity contribution in [2.45, 2.75) is 52.4 Å². The summed E-state index contributed by atoms with van der Waals surface area (Å²) in [5.74, 6) is 0.425. The lowest BCUT2D eigenvalue weighted by Gasteiger charge is -2.20. The number of H-pyrrole nitrogens is 1. The first kappa shape index (κ1) is 13.1. The van der Waals surface area contributed by atoms with Crippen molar-refractivity contribution < 1.29 is 9.53 Å². The van der Waals surface area contributed by atoms with Crippen molar-refractivity contribution in [1.82, 2.24) is 10.2 Å². The third kappa shape index (κ3) is 2.92. The molecule has 4 nitrogen and oxygen atoms in total. The van der Waals surface area contributed by atoms with E-state index in [0.717, 1.165) is 23.6 Å². The summed E-state index contributed by atoms with van der Waals surface area (Å²) >= 11 is 0. The molecule has 1 saturated carbocycles. The topological polar surface area (TPSA) is 55.0 Å². The minimum atomic E-state index is -0.318. The van der Waals surface area contributed by atoms with Crippen molar-refractivity contribution >= 4 is 5.97 Å². The normalized spacial score (nSPS) is 16.8. The molecule has 1 aliphatic carbocycles. The van der Waals surface area contributed by atoms with Crippen LogP contribution in [0.25, 0.3) is 0 Å². The highest BCUT2D eigenvalue weighted by Crippen LogP contribution is 2.27. The number of carbonyl (C=O) groups is 1. The Bertz CT molecular complexity index is 406. The molecule has 1 fully saturated rings. The Hall–Kier alpha value is -1.32. The fraction of sp³-hybridized carbons (Fsp3) is 0.714. The molecular formula is C14H22N2O2. The molecule has 0 aromatic carbocycles. The van der Waals surface area contributed by atoms with Crippen LogP contribution in [0.1, 0.15) is 60.8 Å². The van der Waals surface area contributed by atoms with Gasteiger partial charge in [-0.05, 0) is 26.2 Å². The van der Waals surface area contributed by atoms with Gasteiger partial charge in [-0.25, -0.2) is 4.79 Å². The summed E-state index contributed by atoms with van der Waals surface area (Å²) in [6.45, 7) is 4.15. The fourth-order valence-corrected chi connectivity index (χ4v) is 2.71. The van der Waals surface area contributed by atoms with E-state index < -0.39 is 0 Å². The Morgan fingerprint density at radius 1 is 1.39 bits per heavy atom. The number of nitrogens with one attached hydrogen (secondary N) is 1. The Kier molecular flexibility index (Phi) is 4.39. The van der Waals surface area contributed by atoms with E-state index in [4.69, 9.17) is 4.74 Å². The first-order valence-electron chi connectivity index (χ1n) is 6.93. The number of aromatic amines is 1. The molecular weight excluding hydrogens is 228 g/mol. The van der Waals surface area contributed by atoms with Crippen molar-refractivity contribution in [3.63, 3.8) is 0 Å². The highest BCUT2D eigenvalue weighted by molar-refractivity contribution is 5.89. The summed E-state index contributed by atoms with van der Waals surface area (Å²) < 4.78 is 4.99.